The molecular weight excluding hydrogens is 221 g/mol. The fourth-order valence-electron chi connectivity index (χ4n) is 1.53. The van der Waals surface area contributed by atoms with E-state index < -0.39 is 5.82 Å². The van der Waals surface area contributed by atoms with Crippen LogP contribution >= 0.6 is 0 Å². The number of aliphatic hydroxyl groups is 1. The fraction of sp³-hybridized carbons (Fsp3) is 0.462. The lowest BCUT2D eigenvalue weighted by molar-refractivity contribution is 0.0948. The van der Waals surface area contributed by atoms with Gasteiger partial charge in [0.1, 0.15) is 5.82 Å². The van der Waals surface area contributed by atoms with Crippen LogP contribution in [-0.4, -0.2) is 24.2 Å². The maximum atomic E-state index is 13.6. The molecule has 0 atom stereocenters. The van der Waals surface area contributed by atoms with Gasteiger partial charge < -0.3 is 10.4 Å². The predicted molar refractivity (Wildman–Crippen MR) is 64.4 cm³/mol. The van der Waals surface area contributed by atoms with Crippen molar-refractivity contribution in [3.8, 4) is 0 Å². The molecular formula is C13H18FNO2. The predicted octanol–water partition coefficient (Wildman–Crippen LogP) is 2.03. The van der Waals surface area contributed by atoms with E-state index in [4.69, 9.17) is 5.11 Å². The van der Waals surface area contributed by atoms with Crippen molar-refractivity contribution in [1.82, 2.24) is 5.32 Å². The van der Waals surface area contributed by atoms with Crippen LogP contribution in [0, 0.1) is 12.7 Å². The monoisotopic (exact) mass is 239 g/mol. The highest BCUT2D eigenvalue weighted by molar-refractivity contribution is 5.94. The van der Waals surface area contributed by atoms with Crippen molar-refractivity contribution >= 4 is 5.91 Å². The number of halogens is 1. The molecule has 0 saturated heterocycles. The van der Waals surface area contributed by atoms with Gasteiger partial charge in [-0.15, -0.1) is 0 Å². The lowest BCUT2D eigenvalue weighted by Gasteiger charge is -2.07. The van der Waals surface area contributed by atoms with E-state index in [1.807, 2.05) is 0 Å². The zero-order valence-electron chi connectivity index (χ0n) is 10.0. The van der Waals surface area contributed by atoms with Crippen LogP contribution in [0.3, 0.4) is 0 Å². The molecule has 4 heteroatoms. The summed E-state index contributed by atoms with van der Waals surface area (Å²) in [7, 11) is 0. The molecule has 17 heavy (non-hydrogen) atoms. The van der Waals surface area contributed by atoms with Crippen molar-refractivity contribution in [2.75, 3.05) is 13.2 Å². The van der Waals surface area contributed by atoms with Gasteiger partial charge in [0.15, 0.2) is 0 Å². The van der Waals surface area contributed by atoms with Crippen molar-refractivity contribution in [2.24, 2.45) is 0 Å². The van der Waals surface area contributed by atoms with Gasteiger partial charge in [-0.05, 0) is 37.8 Å². The minimum Gasteiger partial charge on any atom is -0.396 e. The van der Waals surface area contributed by atoms with Crippen molar-refractivity contribution in [1.29, 1.82) is 0 Å². The Morgan fingerprint density at radius 3 is 2.82 bits per heavy atom. The molecule has 1 aromatic rings. The van der Waals surface area contributed by atoms with Gasteiger partial charge in [-0.2, -0.15) is 0 Å². The first-order valence-electron chi connectivity index (χ1n) is 5.81. The number of aliphatic hydroxyl groups excluding tert-OH is 1. The first-order valence-corrected chi connectivity index (χ1v) is 5.81. The average Bonchev–Trinajstić information content (AvgIpc) is 2.32. The summed E-state index contributed by atoms with van der Waals surface area (Å²) in [6.45, 7) is 2.31. The van der Waals surface area contributed by atoms with Gasteiger partial charge in [0.2, 0.25) is 0 Å². The van der Waals surface area contributed by atoms with E-state index in [0.717, 1.165) is 19.3 Å². The standard InChI is InChI=1S/C13H18FNO2/c1-10-6-5-7-11(12(10)14)13(17)15-8-3-2-4-9-16/h5-7,16H,2-4,8-9H2,1H3,(H,15,17). The third-order valence-electron chi connectivity index (χ3n) is 2.56. The summed E-state index contributed by atoms with van der Waals surface area (Å²) in [5, 5.41) is 11.2. The molecule has 1 aromatic carbocycles. The third-order valence-corrected chi connectivity index (χ3v) is 2.56. The van der Waals surface area contributed by atoms with Gasteiger partial charge >= 0.3 is 0 Å². The second-order valence-electron chi connectivity index (χ2n) is 3.98. The Balaban J connectivity index is 2.44. The average molecular weight is 239 g/mol. The number of aryl methyl sites for hydroxylation is 1. The fourth-order valence-corrected chi connectivity index (χ4v) is 1.53. The molecule has 0 aliphatic rings. The molecule has 3 nitrogen and oxygen atoms in total. The van der Waals surface area contributed by atoms with E-state index in [1.54, 1.807) is 19.1 Å². The number of nitrogens with one attached hydrogen (secondary N) is 1. The smallest absolute Gasteiger partial charge is 0.254 e. The Bertz CT molecular complexity index is 380. The number of rotatable bonds is 6. The molecule has 0 saturated carbocycles. The van der Waals surface area contributed by atoms with Crippen LogP contribution in [0.1, 0.15) is 35.2 Å². The van der Waals surface area contributed by atoms with E-state index in [1.165, 1.54) is 6.07 Å². The molecule has 0 aliphatic heterocycles. The summed E-state index contributed by atoms with van der Waals surface area (Å²) in [5.74, 6) is -0.837. The van der Waals surface area contributed by atoms with Gasteiger partial charge in [0.25, 0.3) is 5.91 Å². The molecule has 0 unspecified atom stereocenters. The zero-order chi connectivity index (χ0) is 12.7. The largest absolute Gasteiger partial charge is 0.396 e. The number of benzene rings is 1. The topological polar surface area (TPSA) is 49.3 Å². The van der Waals surface area contributed by atoms with Crippen molar-refractivity contribution in [3.05, 3.63) is 35.1 Å². The quantitative estimate of drug-likeness (QED) is 0.746. The summed E-state index contributed by atoms with van der Waals surface area (Å²) < 4.78 is 13.6. The molecule has 1 rings (SSSR count). The lowest BCUT2D eigenvalue weighted by Crippen LogP contribution is -2.25. The van der Waals surface area contributed by atoms with Crippen LogP contribution < -0.4 is 5.32 Å². The summed E-state index contributed by atoms with van der Waals surface area (Å²) in [4.78, 5) is 11.6. The van der Waals surface area contributed by atoms with Gasteiger partial charge in [-0.3, -0.25) is 4.79 Å². The Kier molecular flexibility index (Phi) is 5.63. The van der Waals surface area contributed by atoms with Crippen LogP contribution in [0.4, 0.5) is 4.39 Å². The van der Waals surface area contributed by atoms with Crippen LogP contribution in [0.25, 0.3) is 0 Å². The van der Waals surface area contributed by atoms with Crippen molar-refractivity contribution in [3.63, 3.8) is 0 Å². The van der Waals surface area contributed by atoms with Gasteiger partial charge in [-0.25, -0.2) is 4.39 Å². The Hall–Kier alpha value is -1.42. The zero-order valence-corrected chi connectivity index (χ0v) is 10.0. The Morgan fingerprint density at radius 2 is 2.12 bits per heavy atom. The SMILES string of the molecule is Cc1cccc(C(=O)NCCCCCO)c1F. The maximum Gasteiger partial charge on any atom is 0.254 e. The van der Waals surface area contributed by atoms with E-state index >= 15 is 0 Å². The van der Waals surface area contributed by atoms with E-state index in [-0.39, 0.29) is 18.1 Å². The molecule has 2 N–H and O–H groups in total. The molecule has 94 valence electrons. The number of carbonyl (C=O) groups excluding carboxylic acids is 1. The third kappa shape index (κ3) is 4.15. The number of hydrogen-bond donors (Lipinski definition) is 2. The second kappa shape index (κ2) is 7.01. The minimum absolute atomic E-state index is 0.0900. The molecule has 0 spiro atoms. The highest BCUT2D eigenvalue weighted by Crippen LogP contribution is 2.11. The molecule has 0 fully saturated rings. The first-order chi connectivity index (χ1) is 8.16. The van der Waals surface area contributed by atoms with Gasteiger partial charge in [0.05, 0.1) is 5.56 Å². The Labute approximate surface area is 101 Å². The van der Waals surface area contributed by atoms with E-state index in [0.29, 0.717) is 12.1 Å². The maximum absolute atomic E-state index is 13.6. The lowest BCUT2D eigenvalue weighted by atomic mass is 10.1. The number of amides is 1. The van der Waals surface area contributed by atoms with E-state index in [2.05, 4.69) is 5.32 Å². The minimum atomic E-state index is -0.458. The number of unbranched alkanes of at least 4 members (excludes halogenated alkanes) is 2. The van der Waals surface area contributed by atoms with Crippen LogP contribution in [0.5, 0.6) is 0 Å². The van der Waals surface area contributed by atoms with E-state index in [9.17, 15) is 9.18 Å². The molecule has 0 aromatic heterocycles. The summed E-state index contributed by atoms with van der Waals surface area (Å²) in [6.07, 6.45) is 2.38. The van der Waals surface area contributed by atoms with Crippen molar-refractivity contribution in [2.45, 2.75) is 26.2 Å². The highest BCUT2D eigenvalue weighted by atomic mass is 19.1. The Morgan fingerprint density at radius 1 is 1.35 bits per heavy atom. The van der Waals surface area contributed by atoms with Crippen molar-refractivity contribution < 1.29 is 14.3 Å². The molecule has 0 aliphatic carbocycles. The molecule has 1 amide bonds. The second-order valence-corrected chi connectivity index (χ2v) is 3.98. The molecule has 0 radical (unpaired) electrons. The van der Waals surface area contributed by atoms with Crippen LogP contribution in [0.2, 0.25) is 0 Å². The van der Waals surface area contributed by atoms with Crippen LogP contribution in [0.15, 0.2) is 18.2 Å². The summed E-state index contributed by atoms with van der Waals surface area (Å²) in [5.41, 5.74) is 0.560. The molecule has 0 heterocycles. The van der Waals surface area contributed by atoms with Crippen LogP contribution in [-0.2, 0) is 0 Å². The van der Waals surface area contributed by atoms with Gasteiger partial charge in [-0.1, -0.05) is 12.1 Å². The summed E-state index contributed by atoms with van der Waals surface area (Å²) in [6, 6.07) is 4.78. The first kappa shape index (κ1) is 13.6. The molecule has 0 bridgehead atoms. The summed E-state index contributed by atoms with van der Waals surface area (Å²) >= 11 is 0. The highest BCUT2D eigenvalue weighted by Gasteiger charge is 2.11. The number of carbonyl (C=O) groups is 1. The normalized spacial score (nSPS) is 10.3. The van der Waals surface area contributed by atoms with Gasteiger partial charge in [0, 0.05) is 13.2 Å². The number of hydrogen-bond acceptors (Lipinski definition) is 2.